The molecular formula is C22H21F3N2O5. The van der Waals surface area contributed by atoms with Crippen molar-refractivity contribution in [2.75, 3.05) is 26.2 Å². The summed E-state index contributed by atoms with van der Waals surface area (Å²) >= 11 is 0. The second-order valence-electron chi connectivity index (χ2n) is 7.93. The van der Waals surface area contributed by atoms with E-state index in [-0.39, 0.29) is 35.8 Å². The molecular weight excluding hydrogens is 429 g/mol. The van der Waals surface area contributed by atoms with Crippen LogP contribution in [0.1, 0.15) is 15.9 Å². The minimum absolute atomic E-state index is 0.0670. The van der Waals surface area contributed by atoms with Crippen LogP contribution in [0.2, 0.25) is 0 Å². The van der Waals surface area contributed by atoms with E-state index in [0.29, 0.717) is 37.3 Å². The zero-order valence-electron chi connectivity index (χ0n) is 16.9. The quantitative estimate of drug-likeness (QED) is 0.770. The van der Waals surface area contributed by atoms with Gasteiger partial charge in [-0.05, 0) is 42.0 Å². The lowest BCUT2D eigenvalue weighted by molar-refractivity contribution is -0.274. The maximum Gasteiger partial charge on any atom is 0.573 e. The van der Waals surface area contributed by atoms with E-state index in [1.165, 1.54) is 24.3 Å². The largest absolute Gasteiger partial charge is 0.573 e. The van der Waals surface area contributed by atoms with Crippen LogP contribution in [0.25, 0.3) is 0 Å². The van der Waals surface area contributed by atoms with Gasteiger partial charge in [-0.2, -0.15) is 0 Å². The third-order valence-corrected chi connectivity index (χ3v) is 5.67. The second kappa shape index (κ2) is 8.60. The van der Waals surface area contributed by atoms with E-state index in [1.54, 1.807) is 21.9 Å². The average Bonchev–Trinajstić information content (AvgIpc) is 3.31. The van der Waals surface area contributed by atoms with Gasteiger partial charge < -0.3 is 24.4 Å². The molecule has 170 valence electrons. The first-order chi connectivity index (χ1) is 15.2. The number of ether oxygens (including phenoxy) is 2. The highest BCUT2D eigenvalue weighted by Crippen LogP contribution is 2.32. The highest BCUT2D eigenvalue weighted by Gasteiger charge is 2.43. The van der Waals surface area contributed by atoms with Crippen LogP contribution in [0.4, 0.5) is 18.0 Å². The smallest absolute Gasteiger partial charge is 0.508 e. The Morgan fingerprint density at radius 1 is 0.906 bits per heavy atom. The van der Waals surface area contributed by atoms with Gasteiger partial charge in [-0.3, -0.25) is 4.79 Å². The molecule has 2 fully saturated rings. The molecule has 4 rings (SSSR count). The van der Waals surface area contributed by atoms with Crippen LogP contribution >= 0.6 is 0 Å². The van der Waals surface area contributed by atoms with Gasteiger partial charge >= 0.3 is 12.5 Å². The number of rotatable bonds is 4. The van der Waals surface area contributed by atoms with Crippen LogP contribution in [0.5, 0.6) is 11.5 Å². The molecule has 32 heavy (non-hydrogen) atoms. The summed E-state index contributed by atoms with van der Waals surface area (Å²) in [4.78, 5) is 28.4. The molecule has 2 aromatic rings. The van der Waals surface area contributed by atoms with Crippen LogP contribution in [-0.4, -0.2) is 59.4 Å². The van der Waals surface area contributed by atoms with Gasteiger partial charge in [-0.15, -0.1) is 13.2 Å². The summed E-state index contributed by atoms with van der Waals surface area (Å²) in [7, 11) is 0. The number of benzene rings is 2. The molecule has 10 heteroatoms. The summed E-state index contributed by atoms with van der Waals surface area (Å²) in [6.07, 6.45) is -5.25. The van der Waals surface area contributed by atoms with Crippen LogP contribution in [0.15, 0.2) is 48.5 Å². The number of aromatic hydroxyl groups is 1. The third-order valence-electron chi connectivity index (χ3n) is 5.67. The molecule has 0 aromatic heterocycles. The molecule has 2 aliphatic heterocycles. The van der Waals surface area contributed by atoms with Gasteiger partial charge in [0, 0.05) is 43.6 Å². The Morgan fingerprint density at radius 3 is 2.03 bits per heavy atom. The van der Waals surface area contributed by atoms with Crippen molar-refractivity contribution in [2.45, 2.75) is 13.0 Å². The molecule has 2 saturated heterocycles. The molecule has 2 heterocycles. The van der Waals surface area contributed by atoms with Crippen molar-refractivity contribution in [3.8, 4) is 11.5 Å². The van der Waals surface area contributed by atoms with Crippen LogP contribution in [-0.2, 0) is 11.3 Å². The number of fused-ring (bicyclic) bond motifs is 1. The number of nitrogens with zero attached hydrogens (tertiary/aromatic N) is 2. The fourth-order valence-corrected chi connectivity index (χ4v) is 4.12. The monoisotopic (exact) mass is 450 g/mol. The lowest BCUT2D eigenvalue weighted by atomic mass is 10.0. The molecule has 0 unspecified atom stereocenters. The second-order valence-corrected chi connectivity index (χ2v) is 7.93. The van der Waals surface area contributed by atoms with Crippen LogP contribution in [0, 0.1) is 11.8 Å². The molecule has 0 aliphatic carbocycles. The molecule has 7 nitrogen and oxygen atoms in total. The summed E-state index contributed by atoms with van der Waals surface area (Å²) in [6, 6.07) is 11.2. The SMILES string of the molecule is O=C(OCc1ccc(OC(F)(F)F)cc1)N1C[C@@H]2CN(C(=O)c3ccc(O)cc3)C[C@H]2C1. The van der Waals surface area contributed by atoms with E-state index in [2.05, 4.69) is 4.74 Å². The fraction of sp³-hybridized carbons (Fsp3) is 0.364. The van der Waals surface area contributed by atoms with E-state index in [1.807, 2.05) is 0 Å². The zero-order chi connectivity index (χ0) is 22.9. The summed E-state index contributed by atoms with van der Waals surface area (Å²) in [5.74, 6) is -0.0396. The Balaban J connectivity index is 1.25. The maximum atomic E-state index is 12.6. The Hall–Kier alpha value is -3.43. The van der Waals surface area contributed by atoms with Gasteiger partial charge in [0.05, 0.1) is 0 Å². The Morgan fingerprint density at radius 2 is 1.47 bits per heavy atom. The summed E-state index contributed by atoms with van der Waals surface area (Å²) in [6.45, 7) is 1.95. The Labute approximate surface area is 181 Å². The minimum Gasteiger partial charge on any atom is -0.508 e. The third kappa shape index (κ3) is 5.06. The van der Waals surface area contributed by atoms with Gasteiger partial charge in [-0.25, -0.2) is 4.79 Å². The molecule has 1 N–H and O–H groups in total. The summed E-state index contributed by atoms with van der Waals surface area (Å²) < 4.78 is 45.7. The average molecular weight is 450 g/mol. The molecule has 2 aliphatic rings. The maximum absolute atomic E-state index is 12.6. The van der Waals surface area contributed by atoms with Crippen molar-refractivity contribution in [2.24, 2.45) is 11.8 Å². The predicted molar refractivity (Wildman–Crippen MR) is 106 cm³/mol. The lowest BCUT2D eigenvalue weighted by Crippen LogP contribution is -2.35. The molecule has 0 spiro atoms. The predicted octanol–water partition coefficient (Wildman–Crippen LogP) is 3.63. The van der Waals surface area contributed by atoms with Crippen LogP contribution < -0.4 is 4.74 Å². The number of phenolic OH excluding ortho intramolecular Hbond substituents is 1. The van der Waals surface area contributed by atoms with E-state index in [0.717, 1.165) is 12.1 Å². The normalized spacial score (nSPS) is 20.2. The standard InChI is InChI=1S/C22H21F3N2O5/c23-22(24,25)32-19-7-1-14(2-8-19)13-31-21(30)27-11-16-9-26(10-17(16)12-27)20(29)15-3-5-18(28)6-4-15/h1-8,16-17,28H,9-13H2/t16-,17-/m0/s1. The fourth-order valence-electron chi connectivity index (χ4n) is 4.12. The van der Waals surface area contributed by atoms with Gasteiger partial charge in [0.25, 0.3) is 5.91 Å². The van der Waals surface area contributed by atoms with E-state index in [4.69, 9.17) is 4.74 Å². The molecule has 0 radical (unpaired) electrons. The molecule has 2 aromatic carbocycles. The summed E-state index contributed by atoms with van der Waals surface area (Å²) in [5.41, 5.74) is 1.05. The number of likely N-dealkylation sites (tertiary alicyclic amines) is 2. The molecule has 2 amide bonds. The van der Waals surface area contributed by atoms with E-state index >= 15 is 0 Å². The highest BCUT2D eigenvalue weighted by atomic mass is 19.4. The van der Waals surface area contributed by atoms with Crippen molar-refractivity contribution in [1.82, 2.24) is 9.80 Å². The molecule has 2 atom stereocenters. The molecule has 0 saturated carbocycles. The highest BCUT2D eigenvalue weighted by molar-refractivity contribution is 5.94. The Kier molecular flexibility index (Phi) is 5.86. The topological polar surface area (TPSA) is 79.3 Å². The number of hydrogen-bond donors (Lipinski definition) is 1. The minimum atomic E-state index is -4.76. The first kappa shape index (κ1) is 21.8. The van der Waals surface area contributed by atoms with Crippen LogP contribution in [0.3, 0.4) is 0 Å². The van der Waals surface area contributed by atoms with Gasteiger partial charge in [-0.1, -0.05) is 12.1 Å². The van der Waals surface area contributed by atoms with Crippen molar-refractivity contribution in [1.29, 1.82) is 0 Å². The van der Waals surface area contributed by atoms with Gasteiger partial charge in [0.2, 0.25) is 0 Å². The number of carbonyl (C=O) groups excluding carboxylic acids is 2. The van der Waals surface area contributed by atoms with Crippen molar-refractivity contribution < 1.29 is 37.3 Å². The number of amides is 2. The van der Waals surface area contributed by atoms with Gasteiger partial charge in [0.15, 0.2) is 0 Å². The number of hydrogen-bond acceptors (Lipinski definition) is 5. The first-order valence-corrected chi connectivity index (χ1v) is 10.0. The zero-order valence-corrected chi connectivity index (χ0v) is 16.9. The molecule has 0 bridgehead atoms. The Bertz CT molecular complexity index is 965. The van der Waals surface area contributed by atoms with Crippen molar-refractivity contribution in [3.63, 3.8) is 0 Å². The van der Waals surface area contributed by atoms with E-state index in [9.17, 15) is 27.9 Å². The summed E-state index contributed by atoms with van der Waals surface area (Å²) in [5, 5.41) is 9.36. The van der Waals surface area contributed by atoms with E-state index < -0.39 is 12.5 Å². The van der Waals surface area contributed by atoms with Gasteiger partial charge in [0.1, 0.15) is 18.1 Å². The number of alkyl halides is 3. The van der Waals surface area contributed by atoms with Crippen molar-refractivity contribution >= 4 is 12.0 Å². The number of halogens is 3. The van der Waals surface area contributed by atoms with Crippen molar-refractivity contribution in [3.05, 3.63) is 59.7 Å². The lowest BCUT2D eigenvalue weighted by Gasteiger charge is -2.21. The first-order valence-electron chi connectivity index (χ1n) is 10.0. The number of carbonyl (C=O) groups is 2. The number of phenols is 1.